The molecule has 152 valence electrons. The Morgan fingerprint density at radius 2 is 1.41 bits per heavy atom. The number of carbonyl (C=O) groups is 3. The van der Waals surface area contributed by atoms with Gasteiger partial charge in [0, 0.05) is 10.7 Å². The van der Waals surface area contributed by atoms with Gasteiger partial charge in [-0.15, -0.1) is 0 Å². The van der Waals surface area contributed by atoms with Crippen molar-refractivity contribution < 1.29 is 23.9 Å². The van der Waals surface area contributed by atoms with E-state index in [-0.39, 0.29) is 17.0 Å². The van der Waals surface area contributed by atoms with Crippen LogP contribution in [0.5, 0.6) is 0 Å². The highest BCUT2D eigenvalue weighted by molar-refractivity contribution is 6.30. The van der Waals surface area contributed by atoms with Crippen LogP contribution >= 0.6 is 11.6 Å². The van der Waals surface area contributed by atoms with Crippen LogP contribution in [0.1, 0.15) is 52.0 Å². The average Bonchev–Trinajstić information content (AvgIpc) is 3.24. The molecule has 6 nitrogen and oxygen atoms in total. The van der Waals surface area contributed by atoms with E-state index in [1.54, 1.807) is 12.1 Å². The predicted octanol–water partition coefficient (Wildman–Crippen LogP) is 4.36. The lowest BCUT2D eigenvalue weighted by atomic mass is 9.78. The molecule has 1 fully saturated rings. The Hall–Kier alpha value is -2.86. The molecule has 2 aromatic rings. The van der Waals surface area contributed by atoms with E-state index >= 15 is 0 Å². The first-order valence-corrected chi connectivity index (χ1v) is 9.66. The second kappa shape index (κ2) is 8.66. The summed E-state index contributed by atoms with van der Waals surface area (Å²) in [4.78, 5) is 37.3. The van der Waals surface area contributed by atoms with Gasteiger partial charge < -0.3 is 14.8 Å². The zero-order valence-electron chi connectivity index (χ0n) is 16.3. The second-order valence-corrected chi connectivity index (χ2v) is 7.47. The van der Waals surface area contributed by atoms with Crippen LogP contribution in [-0.2, 0) is 19.7 Å². The molecule has 1 saturated carbocycles. The molecule has 3 rings (SSSR count). The summed E-state index contributed by atoms with van der Waals surface area (Å²) in [6.45, 7) is 0. The largest absolute Gasteiger partial charge is 0.465 e. The number of methoxy groups -OCH3 is 2. The summed E-state index contributed by atoms with van der Waals surface area (Å²) in [5, 5.41) is 3.50. The smallest absolute Gasteiger partial charge is 0.337 e. The summed E-state index contributed by atoms with van der Waals surface area (Å²) in [5.41, 5.74) is 0.847. The highest BCUT2D eigenvalue weighted by atomic mass is 35.5. The summed E-state index contributed by atoms with van der Waals surface area (Å²) in [7, 11) is 2.50. The van der Waals surface area contributed by atoms with Crippen LogP contribution < -0.4 is 5.32 Å². The number of halogens is 1. The molecule has 0 heterocycles. The van der Waals surface area contributed by atoms with Gasteiger partial charge in [-0.1, -0.05) is 36.6 Å². The number of hydrogen-bond donors (Lipinski definition) is 1. The van der Waals surface area contributed by atoms with Crippen molar-refractivity contribution in [2.45, 2.75) is 31.1 Å². The molecule has 1 aliphatic rings. The van der Waals surface area contributed by atoms with Crippen molar-refractivity contribution in [2.75, 3.05) is 19.5 Å². The van der Waals surface area contributed by atoms with E-state index in [0.717, 1.165) is 18.4 Å². The van der Waals surface area contributed by atoms with Gasteiger partial charge in [-0.2, -0.15) is 0 Å². The molecule has 29 heavy (non-hydrogen) atoms. The van der Waals surface area contributed by atoms with E-state index in [9.17, 15) is 14.4 Å². The van der Waals surface area contributed by atoms with E-state index < -0.39 is 17.4 Å². The maximum Gasteiger partial charge on any atom is 0.337 e. The quantitative estimate of drug-likeness (QED) is 0.733. The number of esters is 2. The molecule has 0 atom stereocenters. The van der Waals surface area contributed by atoms with Crippen molar-refractivity contribution in [3.63, 3.8) is 0 Å². The van der Waals surface area contributed by atoms with E-state index in [0.29, 0.717) is 23.6 Å². The van der Waals surface area contributed by atoms with Crippen LogP contribution in [-0.4, -0.2) is 32.1 Å². The van der Waals surface area contributed by atoms with Crippen LogP contribution in [0.3, 0.4) is 0 Å². The zero-order valence-corrected chi connectivity index (χ0v) is 17.0. The Bertz CT molecular complexity index is 898. The van der Waals surface area contributed by atoms with Gasteiger partial charge in [0.1, 0.15) is 0 Å². The Balaban J connectivity index is 1.96. The Labute approximate surface area is 174 Å². The maximum absolute atomic E-state index is 13.3. The van der Waals surface area contributed by atoms with Crippen molar-refractivity contribution in [1.29, 1.82) is 0 Å². The molecule has 1 N–H and O–H groups in total. The van der Waals surface area contributed by atoms with E-state index in [4.69, 9.17) is 21.1 Å². The fourth-order valence-corrected chi connectivity index (χ4v) is 3.94. The van der Waals surface area contributed by atoms with E-state index in [2.05, 4.69) is 5.32 Å². The predicted molar refractivity (Wildman–Crippen MR) is 109 cm³/mol. The molecular weight excluding hydrogens is 394 g/mol. The van der Waals surface area contributed by atoms with Gasteiger partial charge in [0.25, 0.3) is 0 Å². The lowest BCUT2D eigenvalue weighted by molar-refractivity contribution is -0.121. The lowest BCUT2D eigenvalue weighted by Gasteiger charge is -2.28. The fraction of sp³-hybridized carbons (Fsp3) is 0.318. The van der Waals surface area contributed by atoms with Crippen LogP contribution in [0.4, 0.5) is 5.69 Å². The van der Waals surface area contributed by atoms with Crippen LogP contribution in [0.25, 0.3) is 0 Å². The minimum atomic E-state index is -0.683. The first kappa shape index (κ1) is 20.9. The summed E-state index contributed by atoms with van der Waals surface area (Å²) in [5.74, 6) is -1.41. The molecule has 0 bridgehead atoms. The minimum Gasteiger partial charge on any atom is -0.465 e. The Kier molecular flexibility index (Phi) is 6.23. The monoisotopic (exact) mass is 415 g/mol. The summed E-state index contributed by atoms with van der Waals surface area (Å²) < 4.78 is 9.50. The van der Waals surface area contributed by atoms with Gasteiger partial charge in [0.15, 0.2) is 0 Å². The summed E-state index contributed by atoms with van der Waals surface area (Å²) in [6.07, 6.45) is 3.29. The second-order valence-electron chi connectivity index (χ2n) is 7.03. The molecule has 1 aliphatic carbocycles. The Morgan fingerprint density at radius 1 is 0.897 bits per heavy atom. The van der Waals surface area contributed by atoms with Crippen molar-refractivity contribution in [3.05, 3.63) is 64.2 Å². The minimum absolute atomic E-state index is 0.151. The molecule has 2 aromatic carbocycles. The van der Waals surface area contributed by atoms with Gasteiger partial charge in [0.2, 0.25) is 5.91 Å². The number of amides is 1. The van der Waals surface area contributed by atoms with Crippen molar-refractivity contribution in [3.8, 4) is 0 Å². The molecular formula is C22H22ClNO5. The van der Waals surface area contributed by atoms with Crippen molar-refractivity contribution >= 4 is 35.1 Å². The van der Waals surface area contributed by atoms with Gasteiger partial charge in [-0.3, -0.25) is 4.79 Å². The van der Waals surface area contributed by atoms with E-state index in [1.165, 1.54) is 32.4 Å². The Morgan fingerprint density at radius 3 is 1.90 bits per heavy atom. The summed E-state index contributed by atoms with van der Waals surface area (Å²) >= 11 is 6.01. The number of anilines is 1. The third-order valence-electron chi connectivity index (χ3n) is 5.32. The molecule has 1 amide bonds. The van der Waals surface area contributed by atoms with Crippen molar-refractivity contribution in [2.24, 2.45) is 0 Å². The highest BCUT2D eigenvalue weighted by Crippen LogP contribution is 2.42. The number of carbonyl (C=O) groups excluding carboxylic acids is 3. The standard InChI is InChI=1S/C22H22ClNO5/c1-28-19(25)14-11-15(20(26)29-2)13-18(12-14)24-21(27)22(9-3-4-10-22)16-5-7-17(23)8-6-16/h5-8,11-13H,3-4,9-10H2,1-2H3,(H,24,27). The topological polar surface area (TPSA) is 81.7 Å². The number of hydrogen-bond acceptors (Lipinski definition) is 5. The van der Waals surface area contributed by atoms with Gasteiger partial charge in [0.05, 0.1) is 30.8 Å². The molecule has 7 heteroatoms. The normalized spacial score (nSPS) is 14.9. The molecule has 0 saturated heterocycles. The van der Waals surface area contributed by atoms with Crippen LogP contribution in [0, 0.1) is 0 Å². The third kappa shape index (κ3) is 4.27. The number of benzene rings is 2. The third-order valence-corrected chi connectivity index (χ3v) is 5.57. The number of nitrogens with one attached hydrogen (secondary N) is 1. The zero-order chi connectivity index (χ0) is 21.0. The molecule has 0 unspecified atom stereocenters. The van der Waals surface area contributed by atoms with Gasteiger partial charge >= 0.3 is 11.9 Å². The first-order valence-electron chi connectivity index (χ1n) is 9.29. The highest BCUT2D eigenvalue weighted by Gasteiger charge is 2.42. The molecule has 0 aliphatic heterocycles. The van der Waals surface area contributed by atoms with E-state index in [1.807, 2.05) is 12.1 Å². The van der Waals surface area contributed by atoms with Crippen LogP contribution in [0.15, 0.2) is 42.5 Å². The van der Waals surface area contributed by atoms with Crippen LogP contribution in [0.2, 0.25) is 5.02 Å². The molecule has 0 radical (unpaired) electrons. The fourth-order valence-electron chi connectivity index (χ4n) is 3.82. The SMILES string of the molecule is COC(=O)c1cc(NC(=O)C2(c3ccc(Cl)cc3)CCCC2)cc(C(=O)OC)c1. The average molecular weight is 416 g/mol. The lowest BCUT2D eigenvalue weighted by Crippen LogP contribution is -2.38. The molecule has 0 spiro atoms. The first-order chi connectivity index (χ1) is 13.9. The van der Waals surface area contributed by atoms with Crippen molar-refractivity contribution in [1.82, 2.24) is 0 Å². The number of rotatable bonds is 5. The summed E-state index contributed by atoms with van der Waals surface area (Å²) in [6, 6.07) is 11.6. The number of ether oxygens (including phenoxy) is 2. The maximum atomic E-state index is 13.3. The van der Waals surface area contributed by atoms with Gasteiger partial charge in [-0.05, 0) is 48.7 Å². The van der Waals surface area contributed by atoms with Gasteiger partial charge in [-0.25, -0.2) is 9.59 Å². The molecule has 0 aromatic heterocycles.